The van der Waals surface area contributed by atoms with Crippen LogP contribution < -0.4 is 0 Å². The maximum atomic E-state index is 10.2. The summed E-state index contributed by atoms with van der Waals surface area (Å²) in [6.45, 7) is 19.0. The van der Waals surface area contributed by atoms with E-state index in [0.29, 0.717) is 11.7 Å². The van der Waals surface area contributed by atoms with Crippen LogP contribution in [-0.4, -0.2) is 5.11 Å². The van der Waals surface area contributed by atoms with E-state index in [1.165, 1.54) is 5.57 Å². The van der Waals surface area contributed by atoms with Gasteiger partial charge in [-0.1, -0.05) is 67.0 Å². The van der Waals surface area contributed by atoms with Crippen LogP contribution in [0.15, 0.2) is 23.0 Å². The van der Waals surface area contributed by atoms with Crippen LogP contribution in [-0.2, 0) is 0 Å². The summed E-state index contributed by atoms with van der Waals surface area (Å²) in [5.74, 6) is 0.930. The predicted molar refractivity (Wildman–Crippen MR) is 84.0 cm³/mol. The molecule has 0 heterocycles. The van der Waals surface area contributed by atoms with Crippen LogP contribution in [0.5, 0.6) is 0 Å². The maximum Gasteiger partial charge on any atom is 0.0962 e. The molecule has 0 aliphatic carbocycles. The summed E-state index contributed by atoms with van der Waals surface area (Å²) in [4.78, 5) is 0. The van der Waals surface area contributed by atoms with E-state index in [1.54, 1.807) is 0 Å². The Morgan fingerprint density at radius 1 is 1.17 bits per heavy atom. The van der Waals surface area contributed by atoms with Gasteiger partial charge >= 0.3 is 0 Å². The minimum Gasteiger partial charge on any atom is -0.512 e. The van der Waals surface area contributed by atoms with Gasteiger partial charge in [0.15, 0.2) is 0 Å². The summed E-state index contributed by atoms with van der Waals surface area (Å²) < 4.78 is 0. The Hall–Kier alpha value is -0.720. The van der Waals surface area contributed by atoms with E-state index >= 15 is 0 Å². The average molecular weight is 254 g/mol. The van der Waals surface area contributed by atoms with E-state index in [1.807, 2.05) is 13.8 Å². The standard InChI is InChI=1S/C15H28O.C2H6/c1-8-12(4)9-13(11(2)3)14(16)10-15(5,6)7;1-2/h9,11,16H,8,10H2,1-7H3;1-2H3/b12-9+,14-13-;. The van der Waals surface area contributed by atoms with Crippen LogP contribution in [0.4, 0.5) is 0 Å². The molecule has 0 spiro atoms. The second-order valence-corrected chi connectivity index (χ2v) is 6.14. The van der Waals surface area contributed by atoms with Gasteiger partial charge in [-0.25, -0.2) is 0 Å². The molecule has 0 saturated carbocycles. The fourth-order valence-corrected chi connectivity index (χ4v) is 1.56. The highest BCUT2D eigenvalue weighted by Crippen LogP contribution is 2.28. The zero-order valence-electron chi connectivity index (χ0n) is 14.0. The van der Waals surface area contributed by atoms with Gasteiger partial charge in [0.25, 0.3) is 0 Å². The third kappa shape index (κ3) is 9.32. The first kappa shape index (κ1) is 19.6. The van der Waals surface area contributed by atoms with Crippen molar-refractivity contribution in [3.63, 3.8) is 0 Å². The normalized spacial score (nSPS) is 14.0. The lowest BCUT2D eigenvalue weighted by atomic mass is 9.87. The Morgan fingerprint density at radius 3 is 1.89 bits per heavy atom. The van der Waals surface area contributed by atoms with E-state index in [2.05, 4.69) is 54.5 Å². The number of hydrogen-bond acceptors (Lipinski definition) is 1. The van der Waals surface area contributed by atoms with Crippen LogP contribution in [0.3, 0.4) is 0 Å². The zero-order chi connectivity index (χ0) is 14.9. The van der Waals surface area contributed by atoms with Crippen molar-refractivity contribution < 1.29 is 5.11 Å². The summed E-state index contributed by atoms with van der Waals surface area (Å²) in [7, 11) is 0. The molecule has 18 heavy (non-hydrogen) atoms. The Balaban J connectivity index is 0. The number of rotatable bonds is 4. The highest BCUT2D eigenvalue weighted by molar-refractivity contribution is 5.27. The molecule has 1 heteroatoms. The van der Waals surface area contributed by atoms with Gasteiger partial charge in [-0.15, -0.1) is 0 Å². The number of aliphatic hydroxyl groups is 1. The second-order valence-electron chi connectivity index (χ2n) is 6.14. The molecule has 0 aromatic carbocycles. The molecule has 1 N–H and O–H groups in total. The van der Waals surface area contributed by atoms with Crippen molar-refractivity contribution in [2.24, 2.45) is 11.3 Å². The molecule has 0 aliphatic heterocycles. The molecule has 0 atom stereocenters. The fourth-order valence-electron chi connectivity index (χ4n) is 1.56. The maximum absolute atomic E-state index is 10.2. The SMILES string of the molecule is CC.CC/C(C)=C/C(=C(/O)CC(C)(C)C)C(C)C. The Bertz CT molecular complexity index is 274. The van der Waals surface area contributed by atoms with Crippen molar-refractivity contribution in [3.05, 3.63) is 23.0 Å². The van der Waals surface area contributed by atoms with Crippen LogP contribution >= 0.6 is 0 Å². The molecule has 0 amide bonds. The van der Waals surface area contributed by atoms with E-state index in [0.717, 1.165) is 18.4 Å². The lowest BCUT2D eigenvalue weighted by molar-refractivity contribution is 0.297. The first-order valence-electron chi connectivity index (χ1n) is 7.26. The first-order chi connectivity index (χ1) is 8.17. The van der Waals surface area contributed by atoms with Crippen molar-refractivity contribution in [1.82, 2.24) is 0 Å². The fraction of sp³-hybridized carbons (Fsp3) is 0.765. The highest BCUT2D eigenvalue weighted by Gasteiger charge is 2.16. The van der Waals surface area contributed by atoms with Gasteiger partial charge < -0.3 is 5.11 Å². The second kappa shape index (κ2) is 9.24. The van der Waals surface area contributed by atoms with Crippen molar-refractivity contribution in [1.29, 1.82) is 0 Å². The Kier molecular flexibility index (Phi) is 10.1. The van der Waals surface area contributed by atoms with Gasteiger partial charge in [-0.2, -0.15) is 0 Å². The molecule has 0 saturated heterocycles. The third-order valence-corrected chi connectivity index (χ3v) is 2.61. The van der Waals surface area contributed by atoms with Crippen molar-refractivity contribution in [2.45, 2.75) is 75.2 Å². The van der Waals surface area contributed by atoms with Gasteiger partial charge in [0.05, 0.1) is 5.76 Å². The predicted octanol–water partition coefficient (Wildman–Crippen LogP) is 6.27. The van der Waals surface area contributed by atoms with Gasteiger partial charge in [-0.05, 0) is 30.3 Å². The summed E-state index contributed by atoms with van der Waals surface area (Å²) in [6, 6.07) is 0. The minimum atomic E-state index is 0.137. The molecule has 0 bridgehead atoms. The monoisotopic (exact) mass is 254 g/mol. The molecule has 0 fully saturated rings. The van der Waals surface area contributed by atoms with E-state index in [9.17, 15) is 5.11 Å². The van der Waals surface area contributed by atoms with Crippen molar-refractivity contribution in [2.75, 3.05) is 0 Å². The minimum absolute atomic E-state index is 0.137. The van der Waals surface area contributed by atoms with Gasteiger partial charge in [-0.3, -0.25) is 0 Å². The molecule has 0 aromatic rings. The summed E-state index contributed by atoms with van der Waals surface area (Å²) >= 11 is 0. The largest absolute Gasteiger partial charge is 0.512 e. The Labute approximate surface area is 115 Å². The topological polar surface area (TPSA) is 20.2 Å². The third-order valence-electron chi connectivity index (χ3n) is 2.61. The van der Waals surface area contributed by atoms with Gasteiger partial charge in [0, 0.05) is 6.42 Å². The Morgan fingerprint density at radius 2 is 1.61 bits per heavy atom. The van der Waals surface area contributed by atoms with Crippen LogP contribution in [0, 0.1) is 11.3 Å². The molecule has 0 rings (SSSR count). The average Bonchev–Trinajstić information content (AvgIpc) is 2.25. The van der Waals surface area contributed by atoms with Crippen LogP contribution in [0.2, 0.25) is 0 Å². The molecular formula is C17H34O. The van der Waals surface area contributed by atoms with Gasteiger partial charge in [0.1, 0.15) is 0 Å². The quantitative estimate of drug-likeness (QED) is 0.463. The summed E-state index contributed by atoms with van der Waals surface area (Å²) in [6.07, 6.45) is 3.93. The lowest BCUT2D eigenvalue weighted by Gasteiger charge is -2.20. The molecule has 1 nitrogen and oxygen atoms in total. The van der Waals surface area contributed by atoms with E-state index < -0.39 is 0 Å². The van der Waals surface area contributed by atoms with Crippen LogP contribution in [0.1, 0.15) is 75.2 Å². The van der Waals surface area contributed by atoms with Crippen LogP contribution in [0.25, 0.3) is 0 Å². The number of aliphatic hydroxyl groups excluding tert-OH is 1. The lowest BCUT2D eigenvalue weighted by Crippen LogP contribution is -2.09. The zero-order valence-corrected chi connectivity index (χ0v) is 14.0. The van der Waals surface area contributed by atoms with Crippen molar-refractivity contribution >= 4 is 0 Å². The number of hydrogen-bond donors (Lipinski definition) is 1. The van der Waals surface area contributed by atoms with Gasteiger partial charge in [0.2, 0.25) is 0 Å². The summed E-state index contributed by atoms with van der Waals surface area (Å²) in [5, 5.41) is 10.2. The first-order valence-corrected chi connectivity index (χ1v) is 7.26. The van der Waals surface area contributed by atoms with Crippen molar-refractivity contribution in [3.8, 4) is 0 Å². The highest BCUT2D eigenvalue weighted by atomic mass is 16.3. The molecule has 0 radical (unpaired) electrons. The van der Waals surface area contributed by atoms with E-state index in [-0.39, 0.29) is 5.41 Å². The molecule has 0 aromatic heterocycles. The molecule has 0 aliphatic rings. The molecule has 0 unspecified atom stereocenters. The molecule has 108 valence electrons. The number of allylic oxidation sites excluding steroid dienone is 4. The summed E-state index contributed by atoms with van der Waals surface area (Å²) in [5.41, 5.74) is 2.55. The molecular weight excluding hydrogens is 220 g/mol. The smallest absolute Gasteiger partial charge is 0.0962 e. The van der Waals surface area contributed by atoms with E-state index in [4.69, 9.17) is 0 Å².